The summed E-state index contributed by atoms with van der Waals surface area (Å²) in [7, 11) is 0. The van der Waals surface area contributed by atoms with E-state index in [0.29, 0.717) is 0 Å². The van der Waals surface area contributed by atoms with Crippen molar-refractivity contribution in [3.05, 3.63) is 9.81 Å². The van der Waals surface area contributed by atoms with Crippen molar-refractivity contribution in [2.45, 2.75) is 6.92 Å². The third kappa shape index (κ3) is 3.36. The summed E-state index contributed by atoms with van der Waals surface area (Å²) < 4.78 is 0.817. The molecule has 0 unspecified atom stereocenters. The minimum atomic E-state index is 0.226. The van der Waals surface area contributed by atoms with Gasteiger partial charge in [0.25, 0.3) is 0 Å². The first-order valence-corrected chi connectivity index (χ1v) is 5.22. The number of hydrogen-bond acceptors (Lipinski definition) is 4. The van der Waals surface area contributed by atoms with Gasteiger partial charge in [0.2, 0.25) is 0 Å². The molecule has 0 heterocycles. The predicted octanol–water partition coefficient (Wildman–Crippen LogP) is 2.36. The topological polar surface area (TPSA) is 47.6 Å². The van der Waals surface area contributed by atoms with Crippen molar-refractivity contribution in [1.29, 1.82) is 10.5 Å². The van der Waals surface area contributed by atoms with Crippen molar-refractivity contribution < 1.29 is 0 Å². The van der Waals surface area contributed by atoms with E-state index < -0.39 is 0 Å². The minimum Gasteiger partial charge on any atom is -0.192 e. The third-order valence-corrected chi connectivity index (χ3v) is 3.07. The molecule has 0 N–H and O–H groups in total. The van der Waals surface area contributed by atoms with Crippen LogP contribution in [0.3, 0.4) is 0 Å². The lowest BCUT2D eigenvalue weighted by Crippen LogP contribution is -1.79. The Hall–Kier alpha value is -0.580. The zero-order chi connectivity index (χ0) is 8.69. The Morgan fingerprint density at radius 3 is 2.18 bits per heavy atom. The van der Waals surface area contributed by atoms with Gasteiger partial charge in [0, 0.05) is 0 Å². The molecule has 0 amide bonds. The highest BCUT2D eigenvalue weighted by Crippen LogP contribution is 2.28. The number of nitrogens with zero attached hydrogens (tertiary/aromatic N) is 2. The number of thioether (sulfide) groups is 2. The molecule has 0 rings (SSSR count). The molecule has 0 aromatic rings. The van der Waals surface area contributed by atoms with Gasteiger partial charge in [-0.1, -0.05) is 6.92 Å². The Morgan fingerprint density at radius 1 is 1.36 bits per heavy atom. The number of allylic oxidation sites excluding steroid dienone is 1. The highest BCUT2D eigenvalue weighted by molar-refractivity contribution is 8.22. The summed E-state index contributed by atoms with van der Waals surface area (Å²) in [6.45, 7) is 1.99. The monoisotopic (exact) mass is 184 g/mol. The molecule has 58 valence electrons. The summed E-state index contributed by atoms with van der Waals surface area (Å²) in [5.41, 5.74) is 0.226. The molecule has 0 radical (unpaired) electrons. The van der Waals surface area contributed by atoms with E-state index in [2.05, 4.69) is 0 Å². The zero-order valence-electron chi connectivity index (χ0n) is 6.42. The largest absolute Gasteiger partial charge is 0.192 e. The molecular weight excluding hydrogens is 176 g/mol. The highest BCUT2D eigenvalue weighted by Gasteiger charge is 2.03. The van der Waals surface area contributed by atoms with Crippen molar-refractivity contribution >= 4 is 23.5 Å². The van der Waals surface area contributed by atoms with Gasteiger partial charge < -0.3 is 0 Å². The van der Waals surface area contributed by atoms with Gasteiger partial charge in [0.1, 0.15) is 17.7 Å². The van der Waals surface area contributed by atoms with E-state index in [4.69, 9.17) is 10.5 Å². The van der Waals surface area contributed by atoms with Gasteiger partial charge in [-0.2, -0.15) is 10.5 Å². The average molecular weight is 184 g/mol. The van der Waals surface area contributed by atoms with Gasteiger partial charge in [0.15, 0.2) is 0 Å². The molecule has 11 heavy (non-hydrogen) atoms. The van der Waals surface area contributed by atoms with E-state index >= 15 is 0 Å². The fourth-order valence-corrected chi connectivity index (χ4v) is 2.10. The highest BCUT2D eigenvalue weighted by atomic mass is 32.2. The van der Waals surface area contributed by atoms with Gasteiger partial charge >= 0.3 is 0 Å². The molecule has 2 nitrogen and oxygen atoms in total. The third-order valence-electron chi connectivity index (χ3n) is 0.889. The number of nitriles is 2. The van der Waals surface area contributed by atoms with Crippen LogP contribution in [0.15, 0.2) is 9.81 Å². The smallest absolute Gasteiger partial charge is 0.149 e. The molecule has 0 atom stereocenters. The van der Waals surface area contributed by atoms with Crippen LogP contribution in [-0.2, 0) is 0 Å². The van der Waals surface area contributed by atoms with E-state index in [0.717, 1.165) is 9.99 Å². The van der Waals surface area contributed by atoms with E-state index in [-0.39, 0.29) is 5.57 Å². The molecule has 0 aromatic carbocycles. The summed E-state index contributed by atoms with van der Waals surface area (Å²) in [4.78, 5) is 0. The van der Waals surface area contributed by atoms with E-state index in [1.54, 1.807) is 0 Å². The SMILES string of the molecule is CCSC(SC)=C(C#N)C#N. The lowest BCUT2D eigenvalue weighted by atomic mass is 10.4. The van der Waals surface area contributed by atoms with Gasteiger partial charge in [-0.3, -0.25) is 0 Å². The van der Waals surface area contributed by atoms with Crippen LogP contribution < -0.4 is 0 Å². The van der Waals surface area contributed by atoms with Crippen molar-refractivity contribution in [1.82, 2.24) is 0 Å². The fraction of sp³-hybridized carbons (Fsp3) is 0.429. The van der Waals surface area contributed by atoms with Gasteiger partial charge in [0.05, 0.1) is 4.24 Å². The van der Waals surface area contributed by atoms with Crippen LogP contribution in [-0.4, -0.2) is 12.0 Å². The molecule has 0 aliphatic heterocycles. The molecule has 0 fully saturated rings. The average Bonchev–Trinajstić information content (AvgIpc) is 2.05. The standard InChI is InChI=1S/C7H8N2S2/c1-3-11-7(10-2)6(4-8)5-9/h3H2,1-2H3. The second kappa shape index (κ2) is 6.15. The van der Waals surface area contributed by atoms with Crippen LogP contribution in [0.5, 0.6) is 0 Å². The van der Waals surface area contributed by atoms with Crippen LogP contribution >= 0.6 is 23.5 Å². The molecule has 0 saturated heterocycles. The van der Waals surface area contributed by atoms with Crippen molar-refractivity contribution in [2.75, 3.05) is 12.0 Å². The van der Waals surface area contributed by atoms with E-state index in [9.17, 15) is 0 Å². The Labute approximate surface area is 75.3 Å². The first-order valence-electron chi connectivity index (χ1n) is 3.01. The number of hydrogen-bond donors (Lipinski definition) is 0. The van der Waals surface area contributed by atoms with E-state index in [1.165, 1.54) is 23.5 Å². The maximum atomic E-state index is 8.50. The second-order valence-corrected chi connectivity index (χ2v) is 3.87. The Kier molecular flexibility index (Phi) is 5.83. The molecular formula is C7H8N2S2. The first kappa shape index (κ1) is 10.4. The second-order valence-electron chi connectivity index (χ2n) is 1.52. The summed E-state index contributed by atoms with van der Waals surface area (Å²) in [6, 6.07) is 3.73. The van der Waals surface area contributed by atoms with Gasteiger partial charge in [-0.05, 0) is 12.0 Å². The quantitative estimate of drug-likeness (QED) is 0.632. The first-order chi connectivity index (χ1) is 5.29. The van der Waals surface area contributed by atoms with Crippen molar-refractivity contribution in [3.8, 4) is 12.1 Å². The molecule has 0 bridgehead atoms. The van der Waals surface area contributed by atoms with Gasteiger partial charge in [-0.15, -0.1) is 23.5 Å². The fourth-order valence-electron chi connectivity index (χ4n) is 0.481. The lowest BCUT2D eigenvalue weighted by Gasteiger charge is -1.98. The molecule has 0 aromatic heterocycles. The molecule has 0 aliphatic rings. The van der Waals surface area contributed by atoms with Gasteiger partial charge in [-0.25, -0.2) is 0 Å². The van der Waals surface area contributed by atoms with E-state index in [1.807, 2.05) is 25.3 Å². The van der Waals surface area contributed by atoms with Crippen molar-refractivity contribution in [2.24, 2.45) is 0 Å². The summed E-state index contributed by atoms with van der Waals surface area (Å²) >= 11 is 2.98. The van der Waals surface area contributed by atoms with Crippen LogP contribution in [0.25, 0.3) is 0 Å². The number of rotatable bonds is 3. The van der Waals surface area contributed by atoms with Crippen LogP contribution in [0, 0.1) is 22.7 Å². The molecule has 0 saturated carbocycles. The maximum absolute atomic E-state index is 8.50. The van der Waals surface area contributed by atoms with Crippen LogP contribution in [0.4, 0.5) is 0 Å². The zero-order valence-corrected chi connectivity index (χ0v) is 8.05. The Bertz CT molecular complexity index is 216. The van der Waals surface area contributed by atoms with Crippen LogP contribution in [0.2, 0.25) is 0 Å². The van der Waals surface area contributed by atoms with Crippen LogP contribution in [0.1, 0.15) is 6.92 Å². The predicted molar refractivity (Wildman–Crippen MR) is 49.9 cm³/mol. The normalized spacial score (nSPS) is 8.00. The minimum absolute atomic E-state index is 0.226. The molecule has 0 aliphatic carbocycles. The summed E-state index contributed by atoms with van der Waals surface area (Å²) in [6.07, 6.45) is 1.87. The molecule has 4 heteroatoms. The summed E-state index contributed by atoms with van der Waals surface area (Å²) in [5, 5.41) is 17.0. The lowest BCUT2D eigenvalue weighted by molar-refractivity contribution is 1.46. The maximum Gasteiger partial charge on any atom is 0.149 e. The van der Waals surface area contributed by atoms with Crippen molar-refractivity contribution in [3.63, 3.8) is 0 Å². The Balaban J connectivity index is 4.55. The Morgan fingerprint density at radius 2 is 1.91 bits per heavy atom. The molecule has 0 spiro atoms. The summed E-state index contributed by atoms with van der Waals surface area (Å²) in [5.74, 6) is 0.892.